The van der Waals surface area contributed by atoms with Crippen molar-refractivity contribution in [3.63, 3.8) is 0 Å². The Morgan fingerprint density at radius 3 is 2.42 bits per heavy atom. The first-order chi connectivity index (χ1) is 17.2. The Morgan fingerprint density at radius 1 is 1.11 bits per heavy atom. The second-order valence-corrected chi connectivity index (χ2v) is 8.45. The van der Waals surface area contributed by atoms with Crippen LogP contribution in [0.1, 0.15) is 32.7 Å². The number of benzene rings is 2. The second-order valence-electron chi connectivity index (χ2n) is 8.45. The molecule has 0 aliphatic rings. The van der Waals surface area contributed by atoms with E-state index in [0.29, 0.717) is 22.6 Å². The van der Waals surface area contributed by atoms with E-state index in [2.05, 4.69) is 5.32 Å². The third-order valence-electron chi connectivity index (χ3n) is 6.38. The minimum atomic E-state index is -0.456. The van der Waals surface area contributed by atoms with Gasteiger partial charge in [-0.2, -0.15) is 5.26 Å². The summed E-state index contributed by atoms with van der Waals surface area (Å²) in [5, 5.41) is 12.8. The molecule has 2 heterocycles. The van der Waals surface area contributed by atoms with Gasteiger partial charge in [-0.15, -0.1) is 0 Å². The van der Waals surface area contributed by atoms with Gasteiger partial charge in [0.1, 0.15) is 34.6 Å². The topological polar surface area (TPSA) is 124 Å². The average molecular weight is 486 g/mol. The fraction of sp³-hybridized carbons (Fsp3) is 0.222. The molecule has 9 heteroatoms. The van der Waals surface area contributed by atoms with Crippen LogP contribution in [0.15, 0.2) is 47.3 Å². The molecule has 1 amide bonds. The lowest BCUT2D eigenvalue weighted by Gasteiger charge is -2.17. The average Bonchev–Trinajstić information content (AvgIpc) is 3.16. The summed E-state index contributed by atoms with van der Waals surface area (Å²) in [5.41, 5.74) is 9.74. The van der Waals surface area contributed by atoms with Crippen molar-refractivity contribution < 1.29 is 14.3 Å². The number of amides is 1. The number of carbonyl (C=O) groups excluding carboxylic acids is 1. The Balaban J connectivity index is 1.93. The van der Waals surface area contributed by atoms with Gasteiger partial charge in [0.25, 0.3) is 11.5 Å². The van der Waals surface area contributed by atoms with E-state index in [0.717, 1.165) is 16.7 Å². The molecule has 2 aromatic heterocycles. The Labute approximate surface area is 208 Å². The van der Waals surface area contributed by atoms with Crippen molar-refractivity contribution in [3.05, 3.63) is 80.8 Å². The van der Waals surface area contributed by atoms with Crippen LogP contribution in [-0.2, 0) is 13.6 Å². The smallest absolute Gasteiger partial charge is 0.276 e. The predicted octanol–water partition coefficient (Wildman–Crippen LogP) is 3.35. The van der Waals surface area contributed by atoms with Crippen molar-refractivity contribution in [2.45, 2.75) is 20.4 Å². The van der Waals surface area contributed by atoms with Crippen molar-refractivity contribution in [1.82, 2.24) is 14.5 Å². The number of nitriles is 1. The van der Waals surface area contributed by atoms with Gasteiger partial charge in [-0.25, -0.2) is 0 Å². The van der Waals surface area contributed by atoms with Crippen LogP contribution in [0.4, 0.5) is 5.82 Å². The lowest BCUT2D eigenvalue weighted by atomic mass is 10.1. The number of ether oxygens (including phenoxy) is 2. The number of rotatable bonds is 6. The summed E-state index contributed by atoms with van der Waals surface area (Å²) < 4.78 is 13.5. The van der Waals surface area contributed by atoms with E-state index >= 15 is 0 Å². The van der Waals surface area contributed by atoms with E-state index in [1.54, 1.807) is 30.9 Å². The SMILES string of the molecule is COc1ccc(CNC(=O)c2c(N)n(-c3c(C)ccc(OC)c3C)c3c(=O)n(C)c(C#N)cc23)cc1. The number of hydrogen-bond donors (Lipinski definition) is 2. The van der Waals surface area contributed by atoms with Crippen LogP contribution < -0.4 is 26.1 Å². The number of pyridine rings is 1. The first-order valence-corrected chi connectivity index (χ1v) is 11.2. The first-order valence-electron chi connectivity index (χ1n) is 11.2. The van der Waals surface area contributed by atoms with Crippen molar-refractivity contribution >= 4 is 22.6 Å². The zero-order valence-electron chi connectivity index (χ0n) is 20.8. The summed E-state index contributed by atoms with van der Waals surface area (Å²) in [5.74, 6) is 0.973. The van der Waals surface area contributed by atoms with Gasteiger partial charge in [-0.1, -0.05) is 18.2 Å². The molecule has 0 saturated heterocycles. The zero-order chi connectivity index (χ0) is 26.1. The Morgan fingerprint density at radius 2 is 1.81 bits per heavy atom. The number of anilines is 1. The number of carbonyl (C=O) groups is 1. The van der Waals surface area contributed by atoms with Crippen LogP contribution in [0, 0.1) is 25.2 Å². The van der Waals surface area contributed by atoms with Crippen LogP contribution in [0.2, 0.25) is 0 Å². The molecule has 0 fully saturated rings. The predicted molar refractivity (Wildman–Crippen MR) is 138 cm³/mol. The molecule has 0 radical (unpaired) electrons. The highest BCUT2D eigenvalue weighted by Gasteiger charge is 2.27. The van der Waals surface area contributed by atoms with E-state index < -0.39 is 11.5 Å². The number of aromatic nitrogens is 2. The van der Waals surface area contributed by atoms with E-state index in [9.17, 15) is 14.9 Å². The summed E-state index contributed by atoms with van der Waals surface area (Å²) in [7, 11) is 4.66. The lowest BCUT2D eigenvalue weighted by molar-refractivity contribution is 0.0953. The number of aryl methyl sites for hydroxylation is 1. The molecule has 3 N–H and O–H groups in total. The minimum Gasteiger partial charge on any atom is -0.497 e. The molecule has 9 nitrogen and oxygen atoms in total. The molecule has 0 atom stereocenters. The third-order valence-corrected chi connectivity index (χ3v) is 6.38. The number of hydrogen-bond acceptors (Lipinski definition) is 6. The van der Waals surface area contributed by atoms with E-state index in [1.165, 1.54) is 17.7 Å². The van der Waals surface area contributed by atoms with Crippen LogP contribution in [-0.4, -0.2) is 29.3 Å². The molecule has 0 aliphatic heterocycles. The summed E-state index contributed by atoms with van der Waals surface area (Å²) in [6.45, 7) is 4.00. The number of nitrogens with one attached hydrogen (secondary N) is 1. The van der Waals surface area contributed by atoms with Gasteiger partial charge in [-0.05, 0) is 49.2 Å². The summed E-state index contributed by atoms with van der Waals surface area (Å²) in [6, 6.07) is 14.5. The van der Waals surface area contributed by atoms with E-state index in [1.807, 2.05) is 44.2 Å². The molecule has 0 aliphatic carbocycles. The molecule has 0 spiro atoms. The number of nitrogens with zero attached hydrogens (tertiary/aromatic N) is 3. The van der Waals surface area contributed by atoms with Gasteiger partial charge in [0.15, 0.2) is 0 Å². The normalized spacial score (nSPS) is 10.8. The van der Waals surface area contributed by atoms with Crippen molar-refractivity contribution in [2.24, 2.45) is 7.05 Å². The quantitative estimate of drug-likeness (QED) is 0.432. The monoisotopic (exact) mass is 485 g/mol. The number of fused-ring (bicyclic) bond motifs is 1. The summed E-state index contributed by atoms with van der Waals surface area (Å²) >= 11 is 0. The molecule has 36 heavy (non-hydrogen) atoms. The van der Waals surface area contributed by atoms with Crippen LogP contribution in [0.5, 0.6) is 11.5 Å². The highest BCUT2D eigenvalue weighted by molar-refractivity contribution is 6.12. The minimum absolute atomic E-state index is 0.101. The van der Waals surface area contributed by atoms with Crippen LogP contribution in [0.25, 0.3) is 16.6 Å². The van der Waals surface area contributed by atoms with Gasteiger partial charge in [0, 0.05) is 24.5 Å². The van der Waals surface area contributed by atoms with Crippen molar-refractivity contribution in [1.29, 1.82) is 5.26 Å². The maximum Gasteiger partial charge on any atom is 0.276 e. The Bertz CT molecular complexity index is 1590. The molecule has 2 aromatic carbocycles. The van der Waals surface area contributed by atoms with Gasteiger partial charge < -0.3 is 25.1 Å². The summed E-state index contributed by atoms with van der Waals surface area (Å²) in [6.07, 6.45) is 0. The molecular weight excluding hydrogens is 458 g/mol. The Hall–Kier alpha value is -4.71. The maximum absolute atomic E-state index is 13.5. The zero-order valence-corrected chi connectivity index (χ0v) is 20.8. The molecule has 4 aromatic rings. The molecule has 0 unspecified atom stereocenters. The molecule has 0 bridgehead atoms. The Kier molecular flexibility index (Phi) is 6.45. The van der Waals surface area contributed by atoms with Gasteiger partial charge in [-0.3, -0.25) is 14.2 Å². The number of nitrogens with two attached hydrogens (primary N) is 1. The number of nitrogen functional groups attached to an aromatic ring is 1. The van der Waals surface area contributed by atoms with Gasteiger partial charge in [0.05, 0.1) is 25.5 Å². The molecule has 4 rings (SSSR count). The highest BCUT2D eigenvalue weighted by atomic mass is 16.5. The largest absolute Gasteiger partial charge is 0.497 e. The highest BCUT2D eigenvalue weighted by Crippen LogP contribution is 2.35. The van der Waals surface area contributed by atoms with Crippen LogP contribution in [0.3, 0.4) is 0 Å². The number of methoxy groups -OCH3 is 2. The lowest BCUT2D eigenvalue weighted by Crippen LogP contribution is -2.24. The van der Waals surface area contributed by atoms with E-state index in [-0.39, 0.29) is 29.1 Å². The van der Waals surface area contributed by atoms with E-state index in [4.69, 9.17) is 15.2 Å². The maximum atomic E-state index is 13.5. The molecule has 0 saturated carbocycles. The second kappa shape index (κ2) is 9.50. The standard InChI is InChI=1S/C27H27N5O4/c1-15-6-11-21(36-5)16(2)23(15)32-24-20(12-18(13-28)31(3)27(24)34)22(25(32)29)26(33)30-14-17-7-9-19(35-4)10-8-17/h6-12H,14,29H2,1-5H3,(H,30,33). The van der Waals surface area contributed by atoms with Crippen LogP contribution >= 0.6 is 0 Å². The van der Waals surface area contributed by atoms with Crippen molar-refractivity contribution in [2.75, 3.05) is 20.0 Å². The van der Waals surface area contributed by atoms with Gasteiger partial charge >= 0.3 is 0 Å². The third kappa shape index (κ3) is 3.92. The molecular formula is C27H27N5O4. The summed E-state index contributed by atoms with van der Waals surface area (Å²) in [4.78, 5) is 26.9. The fourth-order valence-electron chi connectivity index (χ4n) is 4.44. The van der Waals surface area contributed by atoms with Crippen molar-refractivity contribution in [3.8, 4) is 23.3 Å². The first kappa shape index (κ1) is 24.4. The molecule has 184 valence electrons. The fourth-order valence-corrected chi connectivity index (χ4v) is 4.44. The van der Waals surface area contributed by atoms with Gasteiger partial charge in [0.2, 0.25) is 0 Å².